The summed E-state index contributed by atoms with van der Waals surface area (Å²) in [5.74, 6) is 0. The molecule has 0 aromatic heterocycles. The molecule has 2 saturated carbocycles. The van der Waals surface area contributed by atoms with E-state index in [1.54, 1.807) is 0 Å². The van der Waals surface area contributed by atoms with Gasteiger partial charge in [-0.25, -0.2) is 0 Å². The maximum absolute atomic E-state index is 6.53. The standard InChI is InChI=1S/C21H41O3P/c1-5-22-18(4)21(23-6-2,24-7-3)25(19-14-10-8-11-15-19)20-16-12-9-13-17-20/h18-20H,5-17H2,1-4H3. The van der Waals surface area contributed by atoms with Gasteiger partial charge >= 0.3 is 0 Å². The minimum absolute atomic E-state index is 0.00682. The van der Waals surface area contributed by atoms with Gasteiger partial charge in [-0.15, -0.1) is 0 Å². The summed E-state index contributed by atoms with van der Waals surface area (Å²) in [6.07, 6.45) is 13.8. The van der Waals surface area contributed by atoms with E-state index in [0.717, 1.165) is 17.9 Å². The predicted molar refractivity (Wildman–Crippen MR) is 108 cm³/mol. The zero-order valence-corrected chi connectivity index (χ0v) is 18.0. The Balaban J connectivity index is 2.37. The Morgan fingerprint density at radius 3 is 1.56 bits per heavy atom. The minimum Gasteiger partial charge on any atom is -0.373 e. The molecule has 0 aliphatic heterocycles. The van der Waals surface area contributed by atoms with Crippen molar-refractivity contribution in [2.75, 3.05) is 19.8 Å². The maximum atomic E-state index is 6.53. The van der Waals surface area contributed by atoms with E-state index >= 15 is 0 Å². The Labute approximate surface area is 157 Å². The van der Waals surface area contributed by atoms with Crippen LogP contribution in [0.5, 0.6) is 0 Å². The second kappa shape index (κ2) is 11.2. The van der Waals surface area contributed by atoms with Crippen molar-refractivity contribution < 1.29 is 14.2 Å². The molecule has 2 rings (SSSR count). The Morgan fingerprint density at radius 2 is 1.20 bits per heavy atom. The summed E-state index contributed by atoms with van der Waals surface area (Å²) in [7, 11) is -0.377. The van der Waals surface area contributed by atoms with Crippen LogP contribution in [0.2, 0.25) is 0 Å². The summed E-state index contributed by atoms with van der Waals surface area (Å²) in [4.78, 5) is 0. The predicted octanol–water partition coefficient (Wildman–Crippen LogP) is 6.29. The third kappa shape index (κ3) is 5.41. The van der Waals surface area contributed by atoms with Crippen LogP contribution in [0.1, 0.15) is 91.9 Å². The average molecular weight is 373 g/mol. The van der Waals surface area contributed by atoms with Gasteiger partial charge in [-0.05, 0) is 72.6 Å². The molecule has 148 valence electrons. The highest BCUT2D eigenvalue weighted by Gasteiger charge is 2.52. The van der Waals surface area contributed by atoms with Crippen LogP contribution in [0.15, 0.2) is 0 Å². The van der Waals surface area contributed by atoms with Gasteiger partial charge in [-0.1, -0.05) is 38.5 Å². The van der Waals surface area contributed by atoms with Gasteiger partial charge in [0.15, 0.2) is 0 Å². The molecule has 25 heavy (non-hydrogen) atoms. The van der Waals surface area contributed by atoms with Gasteiger partial charge in [0.1, 0.15) is 6.10 Å². The number of hydrogen-bond donors (Lipinski definition) is 0. The summed E-state index contributed by atoms with van der Waals surface area (Å²) < 4.78 is 19.2. The summed E-state index contributed by atoms with van der Waals surface area (Å²) in [6.45, 7) is 10.6. The fourth-order valence-corrected chi connectivity index (χ4v) is 9.44. The fraction of sp³-hybridized carbons (Fsp3) is 1.00. The van der Waals surface area contributed by atoms with Crippen LogP contribution in [-0.2, 0) is 14.2 Å². The molecule has 1 atom stereocenters. The first kappa shape index (κ1) is 21.6. The third-order valence-corrected chi connectivity index (χ3v) is 9.88. The first-order chi connectivity index (χ1) is 12.2. The maximum Gasteiger partial charge on any atom is 0.213 e. The molecule has 0 amide bonds. The van der Waals surface area contributed by atoms with Gasteiger partial charge < -0.3 is 14.2 Å². The number of hydrogen-bond acceptors (Lipinski definition) is 3. The average Bonchev–Trinajstić information content (AvgIpc) is 2.64. The van der Waals surface area contributed by atoms with Crippen molar-refractivity contribution in [3.05, 3.63) is 0 Å². The van der Waals surface area contributed by atoms with Gasteiger partial charge in [0.05, 0.1) is 0 Å². The molecule has 0 aromatic rings. The highest BCUT2D eigenvalue weighted by molar-refractivity contribution is 7.60. The highest BCUT2D eigenvalue weighted by Crippen LogP contribution is 2.66. The van der Waals surface area contributed by atoms with E-state index < -0.39 is 5.53 Å². The zero-order valence-electron chi connectivity index (χ0n) is 17.1. The van der Waals surface area contributed by atoms with Crippen molar-refractivity contribution in [3.8, 4) is 0 Å². The van der Waals surface area contributed by atoms with Crippen molar-refractivity contribution >= 4 is 7.92 Å². The van der Waals surface area contributed by atoms with Crippen LogP contribution in [0.3, 0.4) is 0 Å². The summed E-state index contributed by atoms with van der Waals surface area (Å²) in [5.41, 5.74) is 1.06. The molecule has 0 spiro atoms. The molecule has 2 aliphatic rings. The van der Waals surface area contributed by atoms with E-state index in [-0.39, 0.29) is 14.0 Å². The van der Waals surface area contributed by atoms with E-state index in [1.807, 2.05) is 0 Å². The summed E-state index contributed by atoms with van der Waals surface area (Å²) in [5, 5.41) is 0. The lowest BCUT2D eigenvalue weighted by Crippen LogP contribution is -2.50. The monoisotopic (exact) mass is 372 g/mol. The normalized spacial score (nSPS) is 22.4. The number of rotatable bonds is 10. The fourth-order valence-electron chi connectivity index (χ4n) is 4.93. The molecule has 2 aliphatic carbocycles. The van der Waals surface area contributed by atoms with E-state index in [1.165, 1.54) is 64.2 Å². The van der Waals surface area contributed by atoms with Gasteiger partial charge in [0.25, 0.3) is 0 Å². The molecular weight excluding hydrogens is 331 g/mol. The van der Waals surface area contributed by atoms with Crippen molar-refractivity contribution in [1.82, 2.24) is 0 Å². The van der Waals surface area contributed by atoms with Gasteiger partial charge in [0.2, 0.25) is 5.53 Å². The highest BCUT2D eigenvalue weighted by atomic mass is 31.1. The molecule has 1 unspecified atom stereocenters. The molecular formula is C21H41O3P. The van der Waals surface area contributed by atoms with Crippen LogP contribution >= 0.6 is 7.92 Å². The molecule has 0 radical (unpaired) electrons. The van der Waals surface area contributed by atoms with Crippen molar-refractivity contribution in [1.29, 1.82) is 0 Å². The molecule has 0 N–H and O–H groups in total. The van der Waals surface area contributed by atoms with Gasteiger partial charge in [0, 0.05) is 19.8 Å². The van der Waals surface area contributed by atoms with Crippen LogP contribution in [-0.4, -0.2) is 42.8 Å². The van der Waals surface area contributed by atoms with E-state index in [4.69, 9.17) is 14.2 Å². The van der Waals surface area contributed by atoms with E-state index in [9.17, 15) is 0 Å². The molecule has 2 fully saturated rings. The first-order valence-electron chi connectivity index (χ1n) is 10.9. The van der Waals surface area contributed by atoms with Crippen LogP contribution in [0.25, 0.3) is 0 Å². The van der Waals surface area contributed by atoms with Crippen LogP contribution in [0, 0.1) is 0 Å². The first-order valence-corrected chi connectivity index (χ1v) is 12.4. The molecule has 0 saturated heterocycles. The second-order valence-corrected chi connectivity index (χ2v) is 10.5. The minimum atomic E-state index is -0.515. The molecule has 0 heterocycles. The lowest BCUT2D eigenvalue weighted by molar-refractivity contribution is -0.229. The molecule has 4 heteroatoms. The Morgan fingerprint density at radius 1 is 0.760 bits per heavy atom. The van der Waals surface area contributed by atoms with E-state index in [2.05, 4.69) is 27.7 Å². The largest absolute Gasteiger partial charge is 0.373 e. The van der Waals surface area contributed by atoms with E-state index in [0.29, 0.717) is 13.2 Å². The Kier molecular flexibility index (Phi) is 9.70. The summed E-state index contributed by atoms with van der Waals surface area (Å²) >= 11 is 0. The zero-order chi connectivity index (χ0) is 18.1. The Hall–Kier alpha value is 0.310. The summed E-state index contributed by atoms with van der Waals surface area (Å²) in [6, 6.07) is 0. The lowest BCUT2D eigenvalue weighted by Gasteiger charge is -2.51. The smallest absolute Gasteiger partial charge is 0.213 e. The molecule has 3 nitrogen and oxygen atoms in total. The topological polar surface area (TPSA) is 27.7 Å². The van der Waals surface area contributed by atoms with Crippen molar-refractivity contribution in [3.63, 3.8) is 0 Å². The molecule has 0 aromatic carbocycles. The van der Waals surface area contributed by atoms with Crippen LogP contribution < -0.4 is 0 Å². The van der Waals surface area contributed by atoms with Gasteiger partial charge in [-0.2, -0.15) is 0 Å². The van der Waals surface area contributed by atoms with Crippen molar-refractivity contribution in [2.45, 2.75) is 115 Å². The number of ether oxygens (including phenoxy) is 3. The van der Waals surface area contributed by atoms with Crippen LogP contribution in [0.4, 0.5) is 0 Å². The Bertz CT molecular complexity index is 327. The van der Waals surface area contributed by atoms with Crippen molar-refractivity contribution in [2.24, 2.45) is 0 Å². The molecule has 0 bridgehead atoms. The second-order valence-electron chi connectivity index (χ2n) is 7.59. The van der Waals surface area contributed by atoms with Gasteiger partial charge in [-0.3, -0.25) is 0 Å². The lowest BCUT2D eigenvalue weighted by atomic mass is 9.99. The SMILES string of the molecule is CCOC(C)C(OCC)(OCC)P(C1CCCCC1)C1CCCCC1. The quantitative estimate of drug-likeness (QED) is 0.333. The third-order valence-electron chi connectivity index (χ3n) is 5.93.